The number of benzene rings is 1. The van der Waals surface area contributed by atoms with Crippen molar-refractivity contribution in [3.8, 4) is 0 Å². The first kappa shape index (κ1) is 13.1. The van der Waals surface area contributed by atoms with Crippen LogP contribution in [-0.2, 0) is 0 Å². The predicted molar refractivity (Wildman–Crippen MR) is 78.2 cm³/mol. The third kappa shape index (κ3) is 2.54. The summed E-state index contributed by atoms with van der Waals surface area (Å²) in [5.74, 6) is -0.953. The molecule has 0 aliphatic rings. The van der Waals surface area contributed by atoms with Crippen LogP contribution in [0, 0.1) is 0 Å². The van der Waals surface area contributed by atoms with Crippen LogP contribution >= 0.6 is 27.7 Å². The molecular weight excluding hydrogens is 342 g/mol. The van der Waals surface area contributed by atoms with Gasteiger partial charge in [0.1, 0.15) is 5.03 Å². The Morgan fingerprint density at radius 2 is 2.15 bits per heavy atom. The molecule has 0 atom stereocenters. The summed E-state index contributed by atoms with van der Waals surface area (Å²) in [6.07, 6.45) is 3.46. The summed E-state index contributed by atoms with van der Waals surface area (Å²) < 4.78 is 2.48. The maximum absolute atomic E-state index is 11.2. The highest BCUT2D eigenvalue weighted by Crippen LogP contribution is 2.31. The number of carbonyl (C=O) groups is 1. The predicted octanol–water partition coefficient (Wildman–Crippen LogP) is 3.34. The number of aromatic carboxylic acids is 1. The first-order valence-electron chi connectivity index (χ1n) is 5.64. The molecular formula is C13H8BrN3O2S. The molecule has 1 N–H and O–H groups in total. The number of rotatable bonds is 3. The lowest BCUT2D eigenvalue weighted by Gasteiger charge is -2.06. The van der Waals surface area contributed by atoms with Crippen molar-refractivity contribution < 1.29 is 9.90 Å². The van der Waals surface area contributed by atoms with E-state index in [0.29, 0.717) is 4.90 Å². The lowest BCUT2D eigenvalue weighted by atomic mass is 10.2. The minimum absolute atomic E-state index is 0.258. The monoisotopic (exact) mass is 349 g/mol. The summed E-state index contributed by atoms with van der Waals surface area (Å²) in [5.41, 5.74) is 0.982. The SMILES string of the molecule is O=C(O)c1ccc(Br)cc1Sc1ccn2nccc2n1. The number of carboxylic acid groups (broad SMARTS) is 1. The van der Waals surface area contributed by atoms with Gasteiger partial charge in [-0.05, 0) is 24.3 Å². The maximum Gasteiger partial charge on any atom is 0.336 e. The van der Waals surface area contributed by atoms with Crippen LogP contribution in [0.1, 0.15) is 10.4 Å². The summed E-state index contributed by atoms with van der Waals surface area (Å²) >= 11 is 4.66. The van der Waals surface area contributed by atoms with Crippen molar-refractivity contribution in [2.45, 2.75) is 9.92 Å². The van der Waals surface area contributed by atoms with Gasteiger partial charge in [-0.25, -0.2) is 14.3 Å². The average molecular weight is 350 g/mol. The Morgan fingerprint density at radius 1 is 1.30 bits per heavy atom. The second-order valence-corrected chi connectivity index (χ2v) is 5.93. The number of hydrogen-bond donors (Lipinski definition) is 1. The molecule has 2 heterocycles. The Kier molecular flexibility index (Phi) is 3.45. The minimum atomic E-state index is -0.953. The summed E-state index contributed by atoms with van der Waals surface area (Å²) in [7, 11) is 0. The van der Waals surface area contributed by atoms with E-state index in [9.17, 15) is 9.90 Å². The molecule has 0 spiro atoms. The molecule has 0 amide bonds. The van der Waals surface area contributed by atoms with E-state index in [2.05, 4.69) is 26.0 Å². The van der Waals surface area contributed by atoms with E-state index in [1.54, 1.807) is 47.2 Å². The second kappa shape index (κ2) is 5.26. The van der Waals surface area contributed by atoms with Gasteiger partial charge in [0.2, 0.25) is 0 Å². The lowest BCUT2D eigenvalue weighted by Crippen LogP contribution is -1.99. The molecule has 0 radical (unpaired) electrons. The number of nitrogens with zero attached hydrogens (tertiary/aromatic N) is 3. The Morgan fingerprint density at radius 3 is 2.95 bits per heavy atom. The van der Waals surface area contributed by atoms with Gasteiger partial charge < -0.3 is 5.11 Å². The van der Waals surface area contributed by atoms with Crippen molar-refractivity contribution in [1.29, 1.82) is 0 Å². The van der Waals surface area contributed by atoms with E-state index in [1.807, 2.05) is 0 Å². The quantitative estimate of drug-likeness (QED) is 0.734. The Hall–Kier alpha value is -1.86. The lowest BCUT2D eigenvalue weighted by molar-refractivity contribution is 0.0693. The number of halogens is 1. The fourth-order valence-corrected chi connectivity index (χ4v) is 3.18. The largest absolute Gasteiger partial charge is 0.478 e. The third-order valence-corrected chi connectivity index (χ3v) is 4.11. The summed E-state index contributed by atoms with van der Waals surface area (Å²) in [6, 6.07) is 8.66. The molecule has 20 heavy (non-hydrogen) atoms. The van der Waals surface area contributed by atoms with Crippen LogP contribution in [0.15, 0.2) is 57.1 Å². The Balaban J connectivity index is 2.01. The smallest absolute Gasteiger partial charge is 0.336 e. The topological polar surface area (TPSA) is 67.5 Å². The van der Waals surface area contributed by atoms with Gasteiger partial charge in [0.05, 0.1) is 11.8 Å². The van der Waals surface area contributed by atoms with Crippen molar-refractivity contribution in [1.82, 2.24) is 14.6 Å². The molecule has 0 unspecified atom stereocenters. The highest BCUT2D eigenvalue weighted by atomic mass is 79.9. The molecule has 100 valence electrons. The van der Waals surface area contributed by atoms with Gasteiger partial charge in [0, 0.05) is 21.6 Å². The third-order valence-electron chi connectivity index (χ3n) is 2.62. The molecule has 3 rings (SSSR count). The molecule has 0 fully saturated rings. The minimum Gasteiger partial charge on any atom is -0.478 e. The highest BCUT2D eigenvalue weighted by molar-refractivity contribution is 9.10. The molecule has 0 saturated heterocycles. The summed E-state index contributed by atoms with van der Waals surface area (Å²) in [4.78, 5) is 16.3. The van der Waals surface area contributed by atoms with Crippen LogP contribution in [0.2, 0.25) is 0 Å². The fraction of sp³-hybridized carbons (Fsp3) is 0. The van der Waals surface area contributed by atoms with E-state index in [0.717, 1.165) is 15.1 Å². The zero-order valence-corrected chi connectivity index (χ0v) is 12.4. The standard InChI is InChI=1S/C13H8BrN3O2S/c14-8-1-2-9(13(18)19)10(7-8)20-12-4-6-17-11(16-12)3-5-15-17/h1-7H,(H,18,19). The van der Waals surface area contributed by atoms with Gasteiger partial charge in [-0.15, -0.1) is 0 Å². The zero-order valence-electron chi connectivity index (χ0n) is 10.0. The van der Waals surface area contributed by atoms with Crippen LogP contribution < -0.4 is 0 Å². The van der Waals surface area contributed by atoms with Crippen molar-refractivity contribution >= 4 is 39.3 Å². The molecule has 0 bridgehead atoms. The molecule has 3 aromatic rings. The molecule has 2 aromatic heterocycles. The van der Waals surface area contributed by atoms with Crippen LogP contribution in [0.25, 0.3) is 5.65 Å². The molecule has 0 aliphatic heterocycles. The number of aromatic nitrogens is 3. The van der Waals surface area contributed by atoms with Gasteiger partial charge in [-0.3, -0.25) is 0 Å². The second-order valence-electron chi connectivity index (χ2n) is 3.95. The van der Waals surface area contributed by atoms with Gasteiger partial charge in [0.15, 0.2) is 5.65 Å². The van der Waals surface area contributed by atoms with Gasteiger partial charge in [0.25, 0.3) is 0 Å². The Labute approximate surface area is 126 Å². The average Bonchev–Trinajstić information content (AvgIpc) is 2.85. The normalized spacial score (nSPS) is 10.8. The van der Waals surface area contributed by atoms with Gasteiger partial charge in [-0.2, -0.15) is 5.10 Å². The van der Waals surface area contributed by atoms with Crippen LogP contribution in [-0.4, -0.2) is 25.7 Å². The van der Waals surface area contributed by atoms with Crippen LogP contribution in [0.5, 0.6) is 0 Å². The van der Waals surface area contributed by atoms with Crippen LogP contribution in [0.3, 0.4) is 0 Å². The van der Waals surface area contributed by atoms with Crippen molar-refractivity contribution in [2.24, 2.45) is 0 Å². The van der Waals surface area contributed by atoms with E-state index in [1.165, 1.54) is 11.8 Å². The first-order chi connectivity index (χ1) is 9.63. The van der Waals surface area contributed by atoms with Crippen LogP contribution in [0.4, 0.5) is 0 Å². The number of hydrogen-bond acceptors (Lipinski definition) is 4. The molecule has 0 aliphatic carbocycles. The van der Waals surface area contributed by atoms with Gasteiger partial charge in [-0.1, -0.05) is 27.7 Å². The van der Waals surface area contributed by atoms with Crippen molar-refractivity contribution in [3.63, 3.8) is 0 Å². The summed E-state index contributed by atoms with van der Waals surface area (Å²) in [6.45, 7) is 0. The molecule has 5 nitrogen and oxygen atoms in total. The molecule has 7 heteroatoms. The van der Waals surface area contributed by atoms with E-state index >= 15 is 0 Å². The molecule has 1 aromatic carbocycles. The van der Waals surface area contributed by atoms with Crippen molar-refractivity contribution in [3.05, 3.63) is 52.8 Å². The van der Waals surface area contributed by atoms with Crippen molar-refractivity contribution in [2.75, 3.05) is 0 Å². The maximum atomic E-state index is 11.2. The number of fused-ring (bicyclic) bond motifs is 1. The fourth-order valence-electron chi connectivity index (χ4n) is 1.72. The van der Waals surface area contributed by atoms with E-state index in [-0.39, 0.29) is 5.56 Å². The zero-order chi connectivity index (χ0) is 14.1. The molecule has 0 saturated carbocycles. The van der Waals surface area contributed by atoms with E-state index < -0.39 is 5.97 Å². The van der Waals surface area contributed by atoms with Gasteiger partial charge >= 0.3 is 5.97 Å². The first-order valence-corrected chi connectivity index (χ1v) is 7.25. The number of carboxylic acids is 1. The Bertz CT molecular complexity index is 803. The van der Waals surface area contributed by atoms with E-state index in [4.69, 9.17) is 0 Å². The highest BCUT2D eigenvalue weighted by Gasteiger charge is 2.12. The summed E-state index contributed by atoms with van der Waals surface area (Å²) in [5, 5.41) is 14.0.